The van der Waals surface area contributed by atoms with Crippen LogP contribution in [0.15, 0.2) is 0 Å². The number of aliphatic hydroxyl groups excluding tert-OH is 2. The molecule has 0 fully saturated rings. The zero-order chi connectivity index (χ0) is 8.83. The van der Waals surface area contributed by atoms with Crippen molar-refractivity contribution in [3.05, 3.63) is 0 Å². The topological polar surface area (TPSA) is 114 Å². The number of nitrogens with two attached hydrogens (primary N) is 1. The first-order valence-corrected chi connectivity index (χ1v) is 2.37. The van der Waals surface area contributed by atoms with Gasteiger partial charge in [-0.2, -0.15) is 10.5 Å². The first-order valence-electron chi connectivity index (χ1n) is 2.37. The van der Waals surface area contributed by atoms with Crippen LogP contribution in [0.2, 0.25) is 0 Å². The fraction of sp³-hybridized carbons (Fsp3) is 0.600. The van der Waals surface area contributed by atoms with Crippen LogP contribution in [-0.4, -0.2) is 23.4 Å². The summed E-state index contributed by atoms with van der Waals surface area (Å²) in [5.41, 5.74) is 4.15. The number of nitrogens with zero attached hydrogens (tertiary/aromatic N) is 2. The fourth-order valence-corrected chi connectivity index (χ4v) is 0. The molecule has 5 nitrogen and oxygen atoms in total. The highest BCUT2D eigenvalue weighted by molar-refractivity contribution is 4.51. The lowest BCUT2D eigenvalue weighted by Crippen LogP contribution is -1.85. The number of hydrogen-bond donors (Lipinski definition) is 3. The summed E-state index contributed by atoms with van der Waals surface area (Å²) in [6.07, 6.45) is 1.25. The maximum atomic E-state index is 7.62. The molecule has 58 valence electrons. The van der Waals surface area contributed by atoms with E-state index < -0.39 is 0 Å². The summed E-state index contributed by atoms with van der Waals surface area (Å²) < 4.78 is 0. The molecule has 0 aliphatic carbocycles. The second kappa shape index (κ2) is 47.4. The molecule has 0 saturated carbocycles. The van der Waals surface area contributed by atoms with E-state index >= 15 is 0 Å². The van der Waals surface area contributed by atoms with Gasteiger partial charge in [-0.05, 0) is 0 Å². The highest BCUT2D eigenvalue weighted by Crippen LogP contribution is 1.39. The van der Waals surface area contributed by atoms with Gasteiger partial charge in [-0.15, -0.1) is 0 Å². The predicted octanol–water partition coefficient (Wildman–Crippen LogP) is -1.07. The van der Waals surface area contributed by atoms with Gasteiger partial charge in [0.05, 0.1) is 19.3 Å². The second-order valence-electron chi connectivity index (χ2n) is 0.800. The van der Waals surface area contributed by atoms with E-state index in [9.17, 15) is 0 Å². The molecule has 0 radical (unpaired) electrons. The average molecular weight is 145 g/mol. The van der Waals surface area contributed by atoms with E-state index in [2.05, 4.69) is 5.73 Å². The van der Waals surface area contributed by atoms with Crippen LogP contribution >= 0.6 is 0 Å². The van der Waals surface area contributed by atoms with Crippen molar-refractivity contribution in [3.8, 4) is 12.3 Å². The van der Waals surface area contributed by atoms with Crippen LogP contribution in [0.3, 0.4) is 0 Å². The van der Waals surface area contributed by atoms with Gasteiger partial charge < -0.3 is 15.9 Å². The van der Waals surface area contributed by atoms with E-state index in [1.807, 2.05) is 0 Å². The normalized spacial score (nSPS) is 4.50. The predicted molar refractivity (Wildman–Crippen MR) is 35.3 cm³/mol. The average Bonchev–Trinajstić information content (AvgIpc) is 1.91. The molecule has 0 amide bonds. The summed E-state index contributed by atoms with van der Waals surface area (Å²) in [6, 6.07) is 1.75. The fourth-order valence-electron chi connectivity index (χ4n) is 0. The van der Waals surface area contributed by atoms with Crippen molar-refractivity contribution in [2.45, 2.75) is 6.92 Å². The van der Waals surface area contributed by atoms with Crippen LogP contribution < -0.4 is 5.73 Å². The lowest BCUT2D eigenvalue weighted by molar-refractivity contribution is 0.186. The molecule has 0 rings (SSSR count). The van der Waals surface area contributed by atoms with Crippen LogP contribution in [-0.2, 0) is 0 Å². The zero-order valence-electron chi connectivity index (χ0n) is 5.78. The molecule has 10 heavy (non-hydrogen) atoms. The summed E-state index contributed by atoms with van der Waals surface area (Å²) in [4.78, 5) is 0. The maximum absolute atomic E-state index is 7.62. The minimum absolute atomic E-state index is 0.125. The molecule has 0 aliphatic rings. The maximum Gasteiger partial charge on any atom is 0.173 e. The van der Waals surface area contributed by atoms with Gasteiger partial charge >= 0.3 is 0 Å². The van der Waals surface area contributed by atoms with E-state index in [0.29, 0.717) is 0 Å². The zero-order valence-corrected chi connectivity index (χ0v) is 5.78. The molecular weight excluding hydrogens is 134 g/mol. The molecule has 0 saturated heterocycles. The van der Waals surface area contributed by atoms with Crippen molar-refractivity contribution in [3.63, 3.8) is 0 Å². The van der Waals surface area contributed by atoms with E-state index in [1.165, 1.54) is 13.1 Å². The first-order chi connectivity index (χ1) is 4.74. The van der Waals surface area contributed by atoms with Gasteiger partial charge in [-0.3, -0.25) is 0 Å². The Morgan fingerprint density at radius 1 is 1.30 bits per heavy atom. The van der Waals surface area contributed by atoms with Crippen LogP contribution in [0.5, 0.6) is 0 Å². The molecule has 0 aromatic rings. The van der Waals surface area contributed by atoms with Crippen molar-refractivity contribution in [2.24, 2.45) is 5.73 Å². The van der Waals surface area contributed by atoms with Crippen molar-refractivity contribution in [2.75, 3.05) is 13.2 Å². The molecule has 0 spiro atoms. The first kappa shape index (κ1) is 15.9. The Hall–Kier alpha value is -1.30. The van der Waals surface area contributed by atoms with Crippen LogP contribution in [0.25, 0.3) is 0 Å². The highest BCUT2D eigenvalue weighted by atomic mass is 16.3. The molecule has 0 aliphatic heterocycles. The van der Waals surface area contributed by atoms with Crippen LogP contribution in [0.1, 0.15) is 6.92 Å². The standard InChI is InChI=1S/C2H3N.C2H6O2.CH2N2/c1-2-3;3-1-2-4;2-1-3/h1H3;3-4H,1-2H2;2H2. The van der Waals surface area contributed by atoms with E-state index in [4.69, 9.17) is 20.7 Å². The minimum atomic E-state index is -0.125. The summed E-state index contributed by atoms with van der Waals surface area (Å²) in [5, 5.41) is 29.7. The number of hydrogen-bond acceptors (Lipinski definition) is 5. The van der Waals surface area contributed by atoms with Crippen LogP contribution in [0, 0.1) is 22.8 Å². The molecule has 0 bridgehead atoms. The second-order valence-corrected chi connectivity index (χ2v) is 0.800. The number of aliphatic hydroxyl groups is 2. The smallest absolute Gasteiger partial charge is 0.173 e. The van der Waals surface area contributed by atoms with Gasteiger partial charge in [0.2, 0.25) is 0 Å². The Morgan fingerprint density at radius 2 is 1.40 bits per heavy atom. The van der Waals surface area contributed by atoms with Gasteiger partial charge in [-0.25, -0.2) is 0 Å². The van der Waals surface area contributed by atoms with Crippen molar-refractivity contribution in [1.29, 1.82) is 10.5 Å². The SMILES string of the molecule is CC#N.N#CN.OCCO. The summed E-state index contributed by atoms with van der Waals surface area (Å²) >= 11 is 0. The lowest BCUT2D eigenvalue weighted by Gasteiger charge is -1.70. The molecular formula is C5H11N3O2. The molecule has 0 atom stereocenters. The van der Waals surface area contributed by atoms with Gasteiger partial charge in [-0.1, -0.05) is 0 Å². The summed E-state index contributed by atoms with van der Waals surface area (Å²) in [5.74, 6) is 0. The van der Waals surface area contributed by atoms with Gasteiger partial charge in [0, 0.05) is 6.92 Å². The minimum Gasteiger partial charge on any atom is -0.394 e. The van der Waals surface area contributed by atoms with E-state index in [0.717, 1.165) is 0 Å². The van der Waals surface area contributed by atoms with Gasteiger partial charge in [0.15, 0.2) is 6.19 Å². The van der Waals surface area contributed by atoms with E-state index in [-0.39, 0.29) is 13.2 Å². The van der Waals surface area contributed by atoms with Gasteiger partial charge in [0.25, 0.3) is 0 Å². The Bertz CT molecular complexity index is 88.4. The third-order valence-electron chi connectivity index (χ3n) is 0.1000. The van der Waals surface area contributed by atoms with Crippen molar-refractivity contribution in [1.82, 2.24) is 0 Å². The number of rotatable bonds is 1. The molecule has 5 heteroatoms. The largest absolute Gasteiger partial charge is 0.394 e. The highest BCUT2D eigenvalue weighted by Gasteiger charge is 1.58. The summed E-state index contributed by atoms with van der Waals surface area (Å²) in [6.45, 7) is 1.18. The van der Waals surface area contributed by atoms with Gasteiger partial charge in [0.1, 0.15) is 0 Å². The molecule has 0 heterocycles. The molecule has 0 unspecified atom stereocenters. The monoisotopic (exact) mass is 145 g/mol. The molecule has 0 aromatic carbocycles. The van der Waals surface area contributed by atoms with Crippen molar-refractivity contribution >= 4 is 0 Å². The van der Waals surface area contributed by atoms with E-state index in [1.54, 1.807) is 6.07 Å². The Labute approximate surface area is 59.9 Å². The van der Waals surface area contributed by atoms with Crippen molar-refractivity contribution < 1.29 is 10.2 Å². The lowest BCUT2D eigenvalue weighted by atomic mass is 10.8. The Morgan fingerprint density at radius 3 is 1.40 bits per heavy atom. The summed E-state index contributed by atoms with van der Waals surface area (Å²) in [7, 11) is 0. The Balaban J connectivity index is -0.0000000750. The van der Waals surface area contributed by atoms with Crippen LogP contribution in [0.4, 0.5) is 0 Å². The molecule has 0 aromatic heterocycles. The number of nitriles is 2. The third-order valence-corrected chi connectivity index (χ3v) is 0.1000. The molecule has 4 N–H and O–H groups in total. The Kier molecular flexibility index (Phi) is 75.3. The quantitative estimate of drug-likeness (QED) is 0.321. The third kappa shape index (κ3) is 2420.